The number of nitrogens with zero attached hydrogens (tertiary/aromatic N) is 3. The molecule has 0 aromatic carbocycles. The lowest BCUT2D eigenvalue weighted by Gasteiger charge is -1.95. The Morgan fingerprint density at radius 1 is 1.38 bits per heavy atom. The zero-order chi connectivity index (χ0) is 9.26. The van der Waals surface area contributed by atoms with Crippen LogP contribution in [0.2, 0.25) is 5.02 Å². The first kappa shape index (κ1) is 8.40. The maximum Gasteiger partial charge on any atom is 0.203 e. The Morgan fingerprint density at radius 2 is 2.23 bits per heavy atom. The van der Waals surface area contributed by atoms with Crippen molar-refractivity contribution in [3.8, 4) is 10.7 Å². The van der Waals surface area contributed by atoms with E-state index in [9.17, 15) is 0 Å². The summed E-state index contributed by atoms with van der Waals surface area (Å²) in [7, 11) is 0. The molecule has 2 heterocycles. The van der Waals surface area contributed by atoms with Crippen LogP contribution in [-0.2, 0) is 0 Å². The van der Waals surface area contributed by atoms with E-state index in [-0.39, 0.29) is 0 Å². The van der Waals surface area contributed by atoms with Gasteiger partial charge in [0.2, 0.25) is 5.13 Å². The maximum atomic E-state index is 5.90. The molecule has 0 unspecified atom stereocenters. The van der Waals surface area contributed by atoms with E-state index in [1.54, 1.807) is 18.3 Å². The average Bonchev–Trinajstić information content (AvgIpc) is 2.53. The molecule has 0 amide bonds. The molecule has 0 aliphatic heterocycles. The van der Waals surface area contributed by atoms with Crippen LogP contribution in [0, 0.1) is 0 Å². The van der Waals surface area contributed by atoms with Crippen molar-refractivity contribution in [2.45, 2.75) is 0 Å². The lowest BCUT2D eigenvalue weighted by molar-refractivity contribution is 1.09. The largest absolute Gasteiger partial charge is 0.374 e. The van der Waals surface area contributed by atoms with Crippen LogP contribution in [0.1, 0.15) is 0 Å². The van der Waals surface area contributed by atoms with Crippen molar-refractivity contribution in [2.75, 3.05) is 5.73 Å². The first-order valence-corrected chi connectivity index (χ1v) is 4.66. The fourth-order valence-electron chi connectivity index (χ4n) is 0.873. The van der Waals surface area contributed by atoms with E-state index in [2.05, 4.69) is 15.2 Å². The minimum Gasteiger partial charge on any atom is -0.374 e. The second-order valence-corrected chi connectivity index (χ2v) is 3.70. The van der Waals surface area contributed by atoms with Crippen molar-refractivity contribution >= 4 is 28.1 Å². The van der Waals surface area contributed by atoms with Gasteiger partial charge in [0.25, 0.3) is 0 Å². The predicted octanol–water partition coefficient (Wildman–Crippen LogP) is 1.84. The highest BCUT2D eigenvalue weighted by atomic mass is 35.5. The molecule has 2 aromatic rings. The van der Waals surface area contributed by atoms with Gasteiger partial charge in [-0.25, -0.2) is 0 Å². The molecule has 0 spiro atoms. The van der Waals surface area contributed by atoms with Gasteiger partial charge in [-0.3, -0.25) is 4.98 Å². The molecule has 2 aromatic heterocycles. The summed E-state index contributed by atoms with van der Waals surface area (Å²) in [4.78, 5) is 4.08. The van der Waals surface area contributed by atoms with Crippen molar-refractivity contribution in [3.63, 3.8) is 0 Å². The van der Waals surface area contributed by atoms with Crippen LogP contribution in [0.15, 0.2) is 18.3 Å². The number of halogens is 1. The monoisotopic (exact) mass is 212 g/mol. The molecule has 0 saturated heterocycles. The highest BCUT2D eigenvalue weighted by Gasteiger charge is 2.08. The quantitative estimate of drug-likeness (QED) is 0.784. The molecule has 66 valence electrons. The minimum atomic E-state index is 0.414. The van der Waals surface area contributed by atoms with Crippen molar-refractivity contribution in [2.24, 2.45) is 0 Å². The Kier molecular flexibility index (Phi) is 2.12. The van der Waals surface area contributed by atoms with E-state index < -0.39 is 0 Å². The minimum absolute atomic E-state index is 0.414. The lowest BCUT2D eigenvalue weighted by Crippen LogP contribution is -1.83. The van der Waals surface area contributed by atoms with Crippen LogP contribution in [0.25, 0.3) is 10.7 Å². The van der Waals surface area contributed by atoms with Crippen molar-refractivity contribution < 1.29 is 0 Å². The summed E-state index contributed by atoms with van der Waals surface area (Å²) in [6.07, 6.45) is 1.65. The number of hydrogen-bond donors (Lipinski definition) is 1. The maximum absolute atomic E-state index is 5.90. The smallest absolute Gasteiger partial charge is 0.203 e. The number of nitrogens with two attached hydrogens (primary N) is 1. The zero-order valence-electron chi connectivity index (χ0n) is 6.44. The molecule has 0 radical (unpaired) electrons. The van der Waals surface area contributed by atoms with Gasteiger partial charge < -0.3 is 5.73 Å². The van der Waals surface area contributed by atoms with Crippen LogP contribution in [0.4, 0.5) is 5.13 Å². The number of aromatic nitrogens is 3. The molecular weight excluding hydrogens is 208 g/mol. The summed E-state index contributed by atoms with van der Waals surface area (Å²) in [5, 5.41) is 9.13. The molecule has 4 nitrogen and oxygen atoms in total. The molecule has 2 rings (SSSR count). The number of hydrogen-bond acceptors (Lipinski definition) is 5. The molecule has 0 fully saturated rings. The number of nitrogen functional groups attached to an aromatic ring is 1. The van der Waals surface area contributed by atoms with Crippen LogP contribution >= 0.6 is 22.9 Å². The fraction of sp³-hybridized carbons (Fsp3) is 0. The average molecular weight is 213 g/mol. The van der Waals surface area contributed by atoms with E-state index in [4.69, 9.17) is 17.3 Å². The predicted molar refractivity (Wildman–Crippen MR) is 52.6 cm³/mol. The van der Waals surface area contributed by atoms with Gasteiger partial charge in [-0.15, -0.1) is 10.2 Å². The summed E-state index contributed by atoms with van der Waals surface area (Å²) < 4.78 is 0. The molecule has 2 N–H and O–H groups in total. The Hall–Kier alpha value is -1.20. The normalized spacial score (nSPS) is 10.2. The third kappa shape index (κ3) is 1.61. The summed E-state index contributed by atoms with van der Waals surface area (Å²) in [5.41, 5.74) is 6.06. The first-order chi connectivity index (χ1) is 6.27. The molecule has 0 aliphatic rings. The second-order valence-electron chi connectivity index (χ2n) is 2.28. The standard InChI is InChI=1S/C7H5ClN4S/c8-4-2-1-3-10-5(4)6-11-12-7(9)13-6/h1-3H,(H2,9,12). The first-order valence-electron chi connectivity index (χ1n) is 3.47. The van der Waals surface area contributed by atoms with Crippen LogP contribution in [0.3, 0.4) is 0 Å². The number of pyridine rings is 1. The summed E-state index contributed by atoms with van der Waals surface area (Å²) in [6.45, 7) is 0. The lowest BCUT2D eigenvalue weighted by atomic mass is 10.4. The second kappa shape index (κ2) is 3.27. The van der Waals surface area contributed by atoms with Crippen molar-refractivity contribution in [1.82, 2.24) is 15.2 Å². The Labute approximate surface area is 83.4 Å². The molecular formula is C7H5ClN4S. The third-order valence-electron chi connectivity index (χ3n) is 1.40. The van der Waals surface area contributed by atoms with Gasteiger partial charge in [0.05, 0.1) is 5.02 Å². The van der Waals surface area contributed by atoms with E-state index in [1.165, 1.54) is 11.3 Å². The topological polar surface area (TPSA) is 64.7 Å². The van der Waals surface area contributed by atoms with Gasteiger partial charge in [0.15, 0.2) is 5.01 Å². The molecule has 0 aliphatic carbocycles. The van der Waals surface area contributed by atoms with Gasteiger partial charge in [-0.2, -0.15) is 0 Å². The zero-order valence-corrected chi connectivity index (χ0v) is 8.01. The SMILES string of the molecule is Nc1nnc(-c2ncccc2Cl)s1. The van der Waals surface area contributed by atoms with E-state index >= 15 is 0 Å². The van der Waals surface area contributed by atoms with Crippen molar-refractivity contribution in [3.05, 3.63) is 23.4 Å². The number of rotatable bonds is 1. The van der Waals surface area contributed by atoms with E-state index in [0.717, 1.165) is 0 Å². The third-order valence-corrected chi connectivity index (χ3v) is 2.47. The van der Waals surface area contributed by atoms with Crippen molar-refractivity contribution in [1.29, 1.82) is 0 Å². The van der Waals surface area contributed by atoms with Gasteiger partial charge in [-0.1, -0.05) is 22.9 Å². The highest BCUT2D eigenvalue weighted by Crippen LogP contribution is 2.28. The summed E-state index contributed by atoms with van der Waals surface area (Å²) >= 11 is 7.17. The van der Waals surface area contributed by atoms with Crippen LogP contribution in [-0.4, -0.2) is 15.2 Å². The Balaban J connectivity index is 2.52. The number of anilines is 1. The van der Waals surface area contributed by atoms with Gasteiger partial charge >= 0.3 is 0 Å². The summed E-state index contributed by atoms with van der Waals surface area (Å²) in [5.74, 6) is 0. The van der Waals surface area contributed by atoms with Crippen LogP contribution < -0.4 is 5.73 Å². The molecule has 0 bridgehead atoms. The van der Waals surface area contributed by atoms with Gasteiger partial charge in [0, 0.05) is 6.20 Å². The molecule has 0 atom stereocenters. The van der Waals surface area contributed by atoms with Crippen LogP contribution in [0.5, 0.6) is 0 Å². The van der Waals surface area contributed by atoms with E-state index in [0.29, 0.717) is 20.9 Å². The molecule has 13 heavy (non-hydrogen) atoms. The molecule has 6 heteroatoms. The van der Waals surface area contributed by atoms with Gasteiger partial charge in [-0.05, 0) is 12.1 Å². The fourth-order valence-corrected chi connectivity index (χ4v) is 1.76. The Morgan fingerprint density at radius 3 is 2.85 bits per heavy atom. The highest BCUT2D eigenvalue weighted by molar-refractivity contribution is 7.18. The van der Waals surface area contributed by atoms with Gasteiger partial charge in [0.1, 0.15) is 5.69 Å². The molecule has 0 saturated carbocycles. The Bertz CT molecular complexity index is 428. The summed E-state index contributed by atoms with van der Waals surface area (Å²) in [6, 6.07) is 3.51. The van der Waals surface area contributed by atoms with E-state index in [1.807, 2.05) is 0 Å².